The van der Waals surface area contributed by atoms with E-state index in [-0.39, 0.29) is 35.4 Å². The van der Waals surface area contributed by atoms with Gasteiger partial charge in [0.05, 0.1) is 29.6 Å². The number of hydrogen-bond donors (Lipinski definition) is 2. The quantitative estimate of drug-likeness (QED) is 0.180. The number of ether oxygens (including phenoxy) is 2. The van der Waals surface area contributed by atoms with Crippen molar-refractivity contribution in [3.05, 3.63) is 87.9 Å². The van der Waals surface area contributed by atoms with Gasteiger partial charge in [-0.25, -0.2) is 0 Å². The van der Waals surface area contributed by atoms with Crippen molar-refractivity contribution in [2.45, 2.75) is 56.7 Å². The molecule has 3 aromatic carbocycles. The summed E-state index contributed by atoms with van der Waals surface area (Å²) in [6.07, 6.45) is 2.96. The maximum atomic E-state index is 13.8. The Morgan fingerprint density at radius 1 is 1.07 bits per heavy atom. The van der Waals surface area contributed by atoms with Crippen molar-refractivity contribution in [1.29, 1.82) is 0 Å². The van der Waals surface area contributed by atoms with E-state index in [0.29, 0.717) is 23.8 Å². The third-order valence-electron chi connectivity index (χ3n) is 7.01. The van der Waals surface area contributed by atoms with Gasteiger partial charge in [0.15, 0.2) is 11.5 Å². The third kappa shape index (κ3) is 8.07. The average Bonchev–Trinajstić information content (AvgIpc) is 3.34. The third-order valence-corrected chi connectivity index (χ3v) is 8.77. The molecule has 2 unspecified atom stereocenters. The van der Waals surface area contributed by atoms with Gasteiger partial charge in [-0.15, -0.1) is 11.8 Å². The standard InChI is InChI=1S/C34H36ClN3O5S/c1-4-6-7-8-9-22-10-13-24(14-11-22)34-38(25-15-16-27(35)26(19-25)32(36)40)33(41)30(44-34)20-31(39)37-21-23-12-17-28(42-3)29(18-23)43-5-2/h10-19,30,34H,4-7,20-21H2,1-3H3,(H2,36,40)(H,37,39). The van der Waals surface area contributed by atoms with Crippen molar-refractivity contribution in [2.24, 2.45) is 5.73 Å². The number of carbonyl (C=O) groups is 3. The Kier molecular flexibility index (Phi) is 11.6. The molecular formula is C34H36ClN3O5S. The number of nitrogens with two attached hydrogens (primary N) is 1. The lowest BCUT2D eigenvalue weighted by Crippen LogP contribution is -2.34. The summed E-state index contributed by atoms with van der Waals surface area (Å²) in [6, 6.07) is 17.9. The summed E-state index contributed by atoms with van der Waals surface area (Å²) in [5.74, 6) is 6.37. The van der Waals surface area contributed by atoms with Crippen LogP contribution in [0.3, 0.4) is 0 Å². The van der Waals surface area contributed by atoms with Crippen molar-refractivity contribution < 1.29 is 23.9 Å². The van der Waals surface area contributed by atoms with Gasteiger partial charge in [-0.2, -0.15) is 0 Å². The number of hydrogen-bond acceptors (Lipinski definition) is 6. The van der Waals surface area contributed by atoms with Crippen molar-refractivity contribution >= 4 is 46.8 Å². The first-order chi connectivity index (χ1) is 21.2. The molecule has 1 aliphatic rings. The Bertz CT molecular complexity index is 1570. The highest BCUT2D eigenvalue weighted by atomic mass is 35.5. The second-order valence-corrected chi connectivity index (χ2v) is 11.8. The first-order valence-electron chi connectivity index (χ1n) is 14.5. The van der Waals surface area contributed by atoms with Crippen LogP contribution in [0, 0.1) is 11.8 Å². The van der Waals surface area contributed by atoms with Crippen molar-refractivity contribution in [2.75, 3.05) is 18.6 Å². The van der Waals surface area contributed by atoms with Crippen molar-refractivity contribution in [3.8, 4) is 23.3 Å². The van der Waals surface area contributed by atoms with Gasteiger partial charge >= 0.3 is 0 Å². The van der Waals surface area contributed by atoms with Crippen LogP contribution in [0.1, 0.15) is 72.0 Å². The minimum Gasteiger partial charge on any atom is -0.493 e. The zero-order chi connectivity index (χ0) is 31.6. The summed E-state index contributed by atoms with van der Waals surface area (Å²) >= 11 is 7.58. The Hall–Kier alpha value is -4.13. The van der Waals surface area contributed by atoms with E-state index in [1.54, 1.807) is 30.2 Å². The molecule has 0 radical (unpaired) electrons. The molecule has 44 heavy (non-hydrogen) atoms. The number of methoxy groups -OCH3 is 1. The summed E-state index contributed by atoms with van der Waals surface area (Å²) in [5.41, 5.74) is 8.72. The maximum absolute atomic E-state index is 13.8. The van der Waals surface area contributed by atoms with E-state index < -0.39 is 16.5 Å². The van der Waals surface area contributed by atoms with E-state index in [1.165, 1.54) is 17.8 Å². The highest BCUT2D eigenvalue weighted by Crippen LogP contribution is 2.47. The van der Waals surface area contributed by atoms with Crippen LogP contribution in [0.2, 0.25) is 5.02 Å². The van der Waals surface area contributed by atoms with Crippen molar-refractivity contribution in [1.82, 2.24) is 5.32 Å². The number of benzene rings is 3. The maximum Gasteiger partial charge on any atom is 0.250 e. The van der Waals surface area contributed by atoms with Crippen LogP contribution in [-0.2, 0) is 16.1 Å². The highest BCUT2D eigenvalue weighted by molar-refractivity contribution is 8.01. The summed E-state index contributed by atoms with van der Waals surface area (Å²) in [7, 11) is 1.57. The van der Waals surface area contributed by atoms with E-state index in [4.69, 9.17) is 26.8 Å². The molecule has 10 heteroatoms. The number of nitrogens with one attached hydrogen (secondary N) is 1. The summed E-state index contributed by atoms with van der Waals surface area (Å²) < 4.78 is 11.0. The van der Waals surface area contributed by atoms with Gasteiger partial charge in [0.2, 0.25) is 17.7 Å². The molecule has 0 aliphatic carbocycles. The van der Waals surface area contributed by atoms with Crippen LogP contribution in [-0.4, -0.2) is 36.7 Å². The van der Waals surface area contributed by atoms with Crippen LogP contribution < -0.4 is 25.4 Å². The predicted molar refractivity (Wildman–Crippen MR) is 175 cm³/mol. The molecule has 1 saturated heterocycles. The van der Waals surface area contributed by atoms with E-state index in [9.17, 15) is 14.4 Å². The zero-order valence-corrected chi connectivity index (χ0v) is 26.6. The smallest absolute Gasteiger partial charge is 0.250 e. The molecule has 1 aliphatic heterocycles. The fourth-order valence-electron chi connectivity index (χ4n) is 4.72. The van der Waals surface area contributed by atoms with E-state index in [0.717, 1.165) is 36.0 Å². The molecular weight excluding hydrogens is 598 g/mol. The fraction of sp³-hybridized carbons (Fsp3) is 0.324. The van der Waals surface area contributed by atoms with Gasteiger partial charge in [0, 0.05) is 30.6 Å². The summed E-state index contributed by atoms with van der Waals surface area (Å²) in [6.45, 7) is 4.76. The van der Waals surface area contributed by atoms with Crippen LogP contribution in [0.5, 0.6) is 11.5 Å². The van der Waals surface area contributed by atoms with Crippen LogP contribution in [0.25, 0.3) is 0 Å². The zero-order valence-electron chi connectivity index (χ0n) is 25.0. The number of nitrogens with zero attached hydrogens (tertiary/aromatic N) is 1. The largest absolute Gasteiger partial charge is 0.493 e. The number of unbranched alkanes of at least 4 members (excludes halogenated alkanes) is 2. The van der Waals surface area contributed by atoms with Crippen molar-refractivity contribution in [3.63, 3.8) is 0 Å². The molecule has 3 aromatic rings. The monoisotopic (exact) mass is 633 g/mol. The number of rotatable bonds is 12. The number of anilines is 1. The molecule has 230 valence electrons. The second-order valence-electron chi connectivity index (χ2n) is 10.1. The van der Waals surface area contributed by atoms with Gasteiger partial charge < -0.3 is 20.5 Å². The average molecular weight is 634 g/mol. The number of amides is 3. The summed E-state index contributed by atoms with van der Waals surface area (Å²) in [4.78, 5) is 40.5. The molecule has 4 rings (SSSR count). The first-order valence-corrected chi connectivity index (χ1v) is 15.8. The van der Waals surface area contributed by atoms with E-state index >= 15 is 0 Å². The van der Waals surface area contributed by atoms with Crippen LogP contribution >= 0.6 is 23.4 Å². The lowest BCUT2D eigenvalue weighted by Gasteiger charge is -2.25. The molecule has 3 amide bonds. The normalized spacial score (nSPS) is 15.8. The van der Waals surface area contributed by atoms with Gasteiger partial charge in [-0.3, -0.25) is 19.3 Å². The lowest BCUT2D eigenvalue weighted by molar-refractivity contribution is -0.124. The van der Waals surface area contributed by atoms with Gasteiger partial charge in [-0.1, -0.05) is 55.0 Å². The van der Waals surface area contributed by atoms with Gasteiger partial charge in [0.25, 0.3) is 0 Å². The molecule has 2 atom stereocenters. The molecule has 0 spiro atoms. The van der Waals surface area contributed by atoms with Gasteiger partial charge in [-0.05, 0) is 66.9 Å². The van der Waals surface area contributed by atoms with E-state index in [1.807, 2.05) is 43.3 Å². The molecule has 8 nitrogen and oxygen atoms in total. The van der Waals surface area contributed by atoms with E-state index in [2.05, 4.69) is 24.1 Å². The Morgan fingerprint density at radius 3 is 2.52 bits per heavy atom. The molecule has 3 N–H and O–H groups in total. The molecule has 1 fully saturated rings. The minimum atomic E-state index is -0.694. The number of halogens is 1. The number of primary amides is 1. The molecule has 0 saturated carbocycles. The summed E-state index contributed by atoms with van der Waals surface area (Å²) in [5, 5.41) is 2.01. The lowest BCUT2D eigenvalue weighted by atomic mass is 10.1. The first kappa shape index (κ1) is 32.8. The molecule has 0 bridgehead atoms. The van der Waals surface area contributed by atoms with Crippen LogP contribution in [0.4, 0.5) is 5.69 Å². The molecule has 0 aromatic heterocycles. The topological polar surface area (TPSA) is 111 Å². The minimum absolute atomic E-state index is 0.0256. The fourth-order valence-corrected chi connectivity index (χ4v) is 6.39. The SMILES string of the molecule is CCCCC#Cc1ccc(C2SC(CC(=O)NCc3ccc(OC)c(OCC)c3)C(=O)N2c2ccc(Cl)c(C(N)=O)c2)cc1. The Morgan fingerprint density at radius 2 is 1.84 bits per heavy atom. The number of carbonyl (C=O) groups excluding carboxylic acids is 3. The predicted octanol–water partition coefficient (Wildman–Crippen LogP) is 6.24. The second kappa shape index (κ2) is 15.6. The Balaban J connectivity index is 1.54. The number of thioether (sulfide) groups is 1. The van der Waals surface area contributed by atoms with Gasteiger partial charge in [0.1, 0.15) is 5.37 Å². The molecule has 1 heterocycles. The Labute approximate surface area is 267 Å². The highest BCUT2D eigenvalue weighted by Gasteiger charge is 2.43. The van der Waals surface area contributed by atoms with Crippen LogP contribution in [0.15, 0.2) is 60.7 Å².